The van der Waals surface area contributed by atoms with Crippen LogP contribution in [0.1, 0.15) is 33.1 Å². The van der Waals surface area contributed by atoms with Crippen molar-refractivity contribution in [3.05, 3.63) is 0 Å². The third kappa shape index (κ3) is 1.89. The Morgan fingerprint density at radius 3 is 2.69 bits per heavy atom. The number of nitrogens with zero attached hydrogens (tertiary/aromatic N) is 1. The van der Waals surface area contributed by atoms with Crippen LogP contribution >= 0.6 is 0 Å². The van der Waals surface area contributed by atoms with Crippen LogP contribution in [0.3, 0.4) is 0 Å². The minimum atomic E-state index is 0.802. The van der Waals surface area contributed by atoms with E-state index >= 15 is 0 Å². The Hall–Kier alpha value is -0.0800. The minimum absolute atomic E-state index is 0.802. The second-order valence-electron chi connectivity index (χ2n) is 4.72. The zero-order valence-corrected chi connectivity index (χ0v) is 8.92. The van der Waals surface area contributed by atoms with Gasteiger partial charge in [-0.25, -0.2) is 0 Å². The van der Waals surface area contributed by atoms with Crippen LogP contribution in [0.5, 0.6) is 0 Å². The quantitative estimate of drug-likeness (QED) is 0.695. The Kier molecular flexibility index (Phi) is 2.89. The van der Waals surface area contributed by atoms with E-state index in [1.54, 1.807) is 0 Å². The molecule has 2 heterocycles. The van der Waals surface area contributed by atoms with Gasteiger partial charge in [0.2, 0.25) is 0 Å². The van der Waals surface area contributed by atoms with Gasteiger partial charge < -0.3 is 5.32 Å². The maximum absolute atomic E-state index is 3.51. The standard InChI is InChI=1S/C11H22N2/c1-9-5-7-13(9)10(2)11-4-3-6-12-8-11/h9-12H,3-8H2,1-2H3. The fraction of sp³-hybridized carbons (Fsp3) is 1.00. The molecule has 0 radical (unpaired) electrons. The largest absolute Gasteiger partial charge is 0.316 e. The van der Waals surface area contributed by atoms with Crippen molar-refractivity contribution in [3.63, 3.8) is 0 Å². The number of nitrogens with one attached hydrogen (secondary N) is 1. The molecular formula is C11H22N2. The molecule has 0 saturated carbocycles. The number of hydrogen-bond donors (Lipinski definition) is 1. The summed E-state index contributed by atoms with van der Waals surface area (Å²) < 4.78 is 0. The topological polar surface area (TPSA) is 15.3 Å². The SMILES string of the molecule is CC1CCN1C(C)C1CCCNC1. The molecule has 3 unspecified atom stereocenters. The average Bonchev–Trinajstić information content (AvgIpc) is 2.17. The molecule has 0 amide bonds. The van der Waals surface area contributed by atoms with Crippen molar-refractivity contribution in [1.29, 1.82) is 0 Å². The van der Waals surface area contributed by atoms with Crippen molar-refractivity contribution in [2.45, 2.75) is 45.2 Å². The number of likely N-dealkylation sites (tertiary alicyclic amines) is 1. The lowest BCUT2D eigenvalue weighted by atomic mass is 9.88. The minimum Gasteiger partial charge on any atom is -0.316 e. The molecule has 0 aromatic rings. The van der Waals surface area contributed by atoms with Gasteiger partial charge in [-0.3, -0.25) is 4.90 Å². The van der Waals surface area contributed by atoms with Crippen molar-refractivity contribution in [3.8, 4) is 0 Å². The molecule has 0 spiro atoms. The second-order valence-corrected chi connectivity index (χ2v) is 4.72. The van der Waals surface area contributed by atoms with Gasteiger partial charge in [0, 0.05) is 18.6 Å². The van der Waals surface area contributed by atoms with E-state index in [0.29, 0.717) is 0 Å². The van der Waals surface area contributed by atoms with Gasteiger partial charge in [0.15, 0.2) is 0 Å². The van der Waals surface area contributed by atoms with E-state index in [4.69, 9.17) is 0 Å². The van der Waals surface area contributed by atoms with Gasteiger partial charge in [-0.15, -0.1) is 0 Å². The Morgan fingerprint density at radius 2 is 2.23 bits per heavy atom. The first-order chi connectivity index (χ1) is 6.29. The average molecular weight is 182 g/mol. The van der Waals surface area contributed by atoms with Crippen molar-refractivity contribution in [2.75, 3.05) is 19.6 Å². The van der Waals surface area contributed by atoms with Crippen molar-refractivity contribution < 1.29 is 0 Å². The molecule has 2 aliphatic heterocycles. The second kappa shape index (κ2) is 3.97. The predicted octanol–water partition coefficient (Wildman–Crippen LogP) is 1.47. The summed E-state index contributed by atoms with van der Waals surface area (Å²) in [5, 5.41) is 3.51. The summed E-state index contributed by atoms with van der Waals surface area (Å²) in [6.07, 6.45) is 4.21. The molecule has 0 bridgehead atoms. The Balaban J connectivity index is 1.84. The molecular weight excluding hydrogens is 160 g/mol. The van der Waals surface area contributed by atoms with E-state index in [9.17, 15) is 0 Å². The van der Waals surface area contributed by atoms with Gasteiger partial charge in [0.25, 0.3) is 0 Å². The summed E-state index contributed by atoms with van der Waals surface area (Å²) in [6, 6.07) is 1.65. The van der Waals surface area contributed by atoms with Crippen molar-refractivity contribution in [1.82, 2.24) is 10.2 Å². The van der Waals surface area contributed by atoms with Crippen LogP contribution in [0.25, 0.3) is 0 Å². The zero-order chi connectivity index (χ0) is 9.26. The summed E-state index contributed by atoms with van der Waals surface area (Å²) in [5.41, 5.74) is 0. The summed E-state index contributed by atoms with van der Waals surface area (Å²) in [6.45, 7) is 8.57. The Morgan fingerprint density at radius 1 is 1.38 bits per heavy atom. The smallest absolute Gasteiger partial charge is 0.0110 e. The van der Waals surface area contributed by atoms with E-state index < -0.39 is 0 Å². The third-order valence-corrected chi connectivity index (χ3v) is 3.91. The van der Waals surface area contributed by atoms with E-state index in [0.717, 1.165) is 18.0 Å². The lowest BCUT2D eigenvalue weighted by Gasteiger charge is -2.46. The monoisotopic (exact) mass is 182 g/mol. The van der Waals surface area contributed by atoms with Gasteiger partial charge in [-0.2, -0.15) is 0 Å². The maximum atomic E-state index is 3.51. The van der Waals surface area contributed by atoms with Crippen LogP contribution in [0.15, 0.2) is 0 Å². The van der Waals surface area contributed by atoms with Crippen molar-refractivity contribution >= 4 is 0 Å². The number of hydrogen-bond acceptors (Lipinski definition) is 2. The molecule has 3 atom stereocenters. The molecule has 2 fully saturated rings. The van der Waals surface area contributed by atoms with E-state index in [1.807, 2.05) is 0 Å². The molecule has 0 aromatic carbocycles. The molecule has 13 heavy (non-hydrogen) atoms. The van der Waals surface area contributed by atoms with Crippen LogP contribution < -0.4 is 5.32 Å². The summed E-state index contributed by atoms with van der Waals surface area (Å²) >= 11 is 0. The van der Waals surface area contributed by atoms with Crippen LogP contribution in [0.4, 0.5) is 0 Å². The number of piperidine rings is 1. The van der Waals surface area contributed by atoms with Crippen molar-refractivity contribution in [2.24, 2.45) is 5.92 Å². The molecule has 1 N–H and O–H groups in total. The molecule has 2 aliphatic rings. The Bertz CT molecular complexity index is 163. The van der Waals surface area contributed by atoms with Crippen LogP contribution in [0, 0.1) is 5.92 Å². The number of rotatable bonds is 2. The first-order valence-electron chi connectivity index (χ1n) is 5.75. The molecule has 2 nitrogen and oxygen atoms in total. The summed E-state index contributed by atoms with van der Waals surface area (Å²) in [5.74, 6) is 0.900. The fourth-order valence-corrected chi connectivity index (χ4v) is 2.70. The van der Waals surface area contributed by atoms with Crippen LogP contribution in [-0.4, -0.2) is 36.6 Å². The van der Waals surface area contributed by atoms with Gasteiger partial charge in [-0.1, -0.05) is 0 Å². The predicted molar refractivity (Wildman–Crippen MR) is 55.8 cm³/mol. The van der Waals surface area contributed by atoms with Gasteiger partial charge in [0.1, 0.15) is 0 Å². The van der Waals surface area contributed by atoms with E-state index in [2.05, 4.69) is 24.1 Å². The Labute approximate surface area is 81.7 Å². The fourth-order valence-electron chi connectivity index (χ4n) is 2.70. The van der Waals surface area contributed by atoms with Gasteiger partial charge in [-0.05, 0) is 52.1 Å². The highest BCUT2D eigenvalue weighted by Gasteiger charge is 2.32. The van der Waals surface area contributed by atoms with Crippen LogP contribution in [0.2, 0.25) is 0 Å². The first-order valence-corrected chi connectivity index (χ1v) is 5.75. The molecule has 76 valence electrons. The first kappa shape index (κ1) is 9.47. The van der Waals surface area contributed by atoms with Gasteiger partial charge in [0.05, 0.1) is 0 Å². The molecule has 2 saturated heterocycles. The highest BCUT2D eigenvalue weighted by Crippen LogP contribution is 2.26. The van der Waals surface area contributed by atoms with Crippen LogP contribution in [-0.2, 0) is 0 Å². The molecule has 0 aliphatic carbocycles. The maximum Gasteiger partial charge on any atom is 0.0110 e. The highest BCUT2D eigenvalue weighted by atomic mass is 15.2. The molecule has 2 rings (SSSR count). The van der Waals surface area contributed by atoms with Gasteiger partial charge >= 0.3 is 0 Å². The zero-order valence-electron chi connectivity index (χ0n) is 8.92. The lowest BCUT2D eigenvalue weighted by molar-refractivity contribution is 0.0259. The van der Waals surface area contributed by atoms with E-state index in [-0.39, 0.29) is 0 Å². The third-order valence-electron chi connectivity index (χ3n) is 3.91. The normalized spacial score (nSPS) is 38.3. The lowest BCUT2D eigenvalue weighted by Crippen LogP contribution is -2.55. The molecule has 2 heteroatoms. The molecule has 0 aromatic heterocycles. The summed E-state index contributed by atoms with van der Waals surface area (Å²) in [7, 11) is 0. The van der Waals surface area contributed by atoms with E-state index in [1.165, 1.54) is 38.9 Å². The highest BCUT2D eigenvalue weighted by molar-refractivity contribution is 4.88. The summed E-state index contributed by atoms with van der Waals surface area (Å²) in [4.78, 5) is 2.66.